The first-order valence-electron chi connectivity index (χ1n) is 14.3. The minimum Gasteiger partial charge on any atom is -0.465 e. The number of hydrogen-bond acceptors (Lipinski definition) is 4. The fraction of sp³-hybridized carbons (Fsp3) is 0.394. The van der Waals surface area contributed by atoms with E-state index in [-0.39, 0.29) is 17.7 Å². The zero-order valence-electron chi connectivity index (χ0n) is 25.1. The van der Waals surface area contributed by atoms with E-state index < -0.39 is 32.6 Å². The quantitative estimate of drug-likeness (QED) is 0.163. The molecule has 0 saturated carbocycles. The van der Waals surface area contributed by atoms with Gasteiger partial charge in [-0.05, 0) is 66.2 Å². The van der Waals surface area contributed by atoms with Crippen molar-refractivity contribution in [3.63, 3.8) is 0 Å². The van der Waals surface area contributed by atoms with Crippen LogP contribution in [0, 0.1) is 0 Å². The van der Waals surface area contributed by atoms with E-state index in [1.54, 1.807) is 0 Å². The van der Waals surface area contributed by atoms with Crippen LogP contribution in [0.25, 0.3) is 0 Å². The number of rotatable bonds is 13. The van der Waals surface area contributed by atoms with Gasteiger partial charge in [0.15, 0.2) is 8.32 Å². The lowest BCUT2D eigenvalue weighted by molar-refractivity contribution is 0.102. The third kappa shape index (κ3) is 10.9. The van der Waals surface area contributed by atoms with Crippen LogP contribution in [0.5, 0.6) is 0 Å². The summed E-state index contributed by atoms with van der Waals surface area (Å²) in [5, 5.41) is 15.5. The zero-order valence-corrected chi connectivity index (χ0v) is 27.7. The predicted molar refractivity (Wildman–Crippen MR) is 173 cm³/mol. The summed E-state index contributed by atoms with van der Waals surface area (Å²) in [6, 6.07) is 26.4. The summed E-state index contributed by atoms with van der Waals surface area (Å²) in [6.45, 7) is 10.9. The Balaban J connectivity index is 1.92. The second-order valence-electron chi connectivity index (χ2n) is 12.1. The smallest absolute Gasteiger partial charge is 0.407 e. The molecule has 226 valence electrons. The van der Waals surface area contributed by atoms with Crippen LogP contribution in [-0.4, -0.2) is 43.8 Å². The first-order chi connectivity index (χ1) is 19.8. The summed E-state index contributed by atoms with van der Waals surface area (Å²) in [4.78, 5) is 25.1. The van der Waals surface area contributed by atoms with Crippen molar-refractivity contribution in [3.8, 4) is 0 Å². The minimum atomic E-state index is -2.35. The van der Waals surface area contributed by atoms with Crippen molar-refractivity contribution in [1.82, 2.24) is 10.6 Å². The van der Waals surface area contributed by atoms with Crippen molar-refractivity contribution in [2.24, 2.45) is 0 Å². The van der Waals surface area contributed by atoms with Gasteiger partial charge in [0, 0.05) is 10.5 Å². The minimum absolute atomic E-state index is 0.102. The van der Waals surface area contributed by atoms with Crippen LogP contribution >= 0.6 is 15.9 Å². The molecule has 3 aromatic rings. The van der Waals surface area contributed by atoms with Gasteiger partial charge in [0.05, 0.1) is 12.1 Å². The molecular formula is C33H43BrN2O5Si. The van der Waals surface area contributed by atoms with Gasteiger partial charge in [-0.1, -0.05) is 109 Å². The van der Waals surface area contributed by atoms with E-state index in [9.17, 15) is 14.7 Å². The number of carboxylic acid groups (broad SMARTS) is 1. The third-order valence-corrected chi connectivity index (χ3v) is 12.8. The maximum absolute atomic E-state index is 13.1. The van der Waals surface area contributed by atoms with Crippen LogP contribution in [0.4, 0.5) is 9.59 Å². The van der Waals surface area contributed by atoms with Crippen LogP contribution in [0.2, 0.25) is 18.1 Å². The summed E-state index contributed by atoms with van der Waals surface area (Å²) >= 11 is 3.49. The Morgan fingerprint density at radius 3 is 1.93 bits per heavy atom. The SMILES string of the molecule is CC(C)(C)[Si](C)(C)O[C@H](C[C@@H](Cc1ccc(Br)cc1)NC(=O)OCc1ccccc1)[C@H](Cc1ccccc1)NC(=O)O. The molecule has 42 heavy (non-hydrogen) atoms. The van der Waals surface area contributed by atoms with Gasteiger partial charge in [-0.15, -0.1) is 0 Å². The van der Waals surface area contributed by atoms with Gasteiger partial charge in [0.2, 0.25) is 0 Å². The lowest BCUT2D eigenvalue weighted by Gasteiger charge is -2.42. The van der Waals surface area contributed by atoms with Crippen LogP contribution < -0.4 is 10.6 Å². The van der Waals surface area contributed by atoms with Gasteiger partial charge >= 0.3 is 12.2 Å². The zero-order chi connectivity index (χ0) is 30.8. The number of halogens is 1. The molecule has 0 heterocycles. The van der Waals surface area contributed by atoms with Gasteiger partial charge in [0.25, 0.3) is 0 Å². The van der Waals surface area contributed by atoms with E-state index in [1.807, 2.05) is 84.9 Å². The van der Waals surface area contributed by atoms with Crippen molar-refractivity contribution >= 4 is 36.4 Å². The number of hydrogen-bond donors (Lipinski definition) is 3. The summed E-state index contributed by atoms with van der Waals surface area (Å²) in [7, 11) is -2.35. The molecule has 0 saturated heterocycles. The maximum atomic E-state index is 13.1. The molecule has 7 nitrogen and oxygen atoms in total. The summed E-state index contributed by atoms with van der Waals surface area (Å²) in [5.41, 5.74) is 2.92. The van der Waals surface area contributed by atoms with E-state index in [2.05, 4.69) is 60.4 Å². The van der Waals surface area contributed by atoms with Crippen molar-refractivity contribution in [3.05, 3.63) is 106 Å². The Bertz CT molecular complexity index is 1270. The highest BCUT2D eigenvalue weighted by molar-refractivity contribution is 9.10. The van der Waals surface area contributed by atoms with Gasteiger partial charge in [-0.2, -0.15) is 0 Å². The van der Waals surface area contributed by atoms with Gasteiger partial charge < -0.3 is 24.9 Å². The molecule has 0 unspecified atom stereocenters. The largest absolute Gasteiger partial charge is 0.465 e. The Morgan fingerprint density at radius 1 is 0.833 bits per heavy atom. The highest BCUT2D eigenvalue weighted by Gasteiger charge is 2.42. The highest BCUT2D eigenvalue weighted by Crippen LogP contribution is 2.38. The highest BCUT2D eigenvalue weighted by atomic mass is 79.9. The van der Waals surface area contributed by atoms with Crippen molar-refractivity contribution in [2.45, 2.75) is 83.0 Å². The third-order valence-electron chi connectivity index (χ3n) is 7.76. The summed E-state index contributed by atoms with van der Waals surface area (Å²) < 4.78 is 13.5. The first-order valence-corrected chi connectivity index (χ1v) is 18.0. The first kappa shape index (κ1) is 33.4. The molecule has 0 aliphatic carbocycles. The van der Waals surface area contributed by atoms with E-state index >= 15 is 0 Å². The molecular weight excluding hydrogens is 612 g/mol. The van der Waals surface area contributed by atoms with Crippen LogP contribution in [0.3, 0.4) is 0 Å². The van der Waals surface area contributed by atoms with Crippen LogP contribution in [0.1, 0.15) is 43.9 Å². The number of carbonyl (C=O) groups excluding carboxylic acids is 1. The van der Waals surface area contributed by atoms with Gasteiger partial charge in [-0.25, -0.2) is 9.59 Å². The lowest BCUT2D eigenvalue weighted by Crippen LogP contribution is -2.54. The predicted octanol–water partition coefficient (Wildman–Crippen LogP) is 7.95. The number of amides is 2. The Kier molecular flexibility index (Phi) is 12.2. The molecule has 9 heteroatoms. The Morgan fingerprint density at radius 2 is 1.38 bits per heavy atom. The number of carbonyl (C=O) groups is 2. The number of ether oxygens (including phenoxy) is 1. The molecule has 0 fully saturated rings. The van der Waals surface area contributed by atoms with Crippen LogP contribution in [-0.2, 0) is 28.6 Å². The van der Waals surface area contributed by atoms with E-state index in [0.717, 1.165) is 21.2 Å². The molecule has 3 atom stereocenters. The fourth-order valence-corrected chi connectivity index (χ4v) is 6.10. The molecule has 3 N–H and O–H groups in total. The topological polar surface area (TPSA) is 96.9 Å². The normalized spacial score (nSPS) is 14.0. The van der Waals surface area contributed by atoms with E-state index in [1.165, 1.54) is 0 Å². The summed E-state index contributed by atoms with van der Waals surface area (Å²) in [5.74, 6) is 0. The molecule has 3 rings (SSSR count). The van der Waals surface area contributed by atoms with Gasteiger partial charge in [-0.3, -0.25) is 0 Å². The average Bonchev–Trinajstić information content (AvgIpc) is 2.92. The van der Waals surface area contributed by atoms with E-state index in [4.69, 9.17) is 9.16 Å². The van der Waals surface area contributed by atoms with Crippen molar-refractivity contribution < 1.29 is 23.9 Å². The molecule has 2 amide bonds. The summed E-state index contributed by atoms with van der Waals surface area (Å²) in [6.07, 6.45) is -0.776. The Hall–Kier alpha value is -3.14. The number of alkyl carbamates (subject to hydrolysis) is 1. The fourth-order valence-electron chi connectivity index (χ4n) is 4.46. The average molecular weight is 656 g/mol. The van der Waals surface area contributed by atoms with Crippen molar-refractivity contribution in [1.29, 1.82) is 0 Å². The number of benzene rings is 3. The van der Waals surface area contributed by atoms with Crippen molar-refractivity contribution in [2.75, 3.05) is 0 Å². The molecule has 0 aromatic heterocycles. The lowest BCUT2D eigenvalue weighted by atomic mass is 9.94. The Labute approximate surface area is 259 Å². The maximum Gasteiger partial charge on any atom is 0.407 e. The standard InChI is InChI=1S/C33H43BrN2O5Si/c1-33(2,3)42(4,5)41-30(29(36-31(37)38)21-24-12-8-6-9-13-24)22-28(20-25-16-18-27(34)19-17-25)35-32(39)40-23-26-14-10-7-11-15-26/h6-19,28-30,36H,20-23H2,1-5H3,(H,35,39)(H,37,38)/t28-,29+,30-/m1/s1. The second kappa shape index (κ2) is 15.4. The molecule has 3 aromatic carbocycles. The molecule has 0 bridgehead atoms. The van der Waals surface area contributed by atoms with Crippen LogP contribution in [0.15, 0.2) is 89.4 Å². The molecule has 0 aliphatic rings. The van der Waals surface area contributed by atoms with E-state index in [0.29, 0.717) is 19.3 Å². The monoisotopic (exact) mass is 654 g/mol. The van der Waals surface area contributed by atoms with Gasteiger partial charge in [0.1, 0.15) is 6.61 Å². The molecule has 0 spiro atoms. The second-order valence-corrected chi connectivity index (χ2v) is 17.8. The number of nitrogens with one attached hydrogen (secondary N) is 2. The molecule has 0 radical (unpaired) electrons. The molecule has 0 aliphatic heterocycles.